The molecule has 0 aliphatic carbocycles. The first kappa shape index (κ1) is 14.9. The summed E-state index contributed by atoms with van der Waals surface area (Å²) in [5.74, 6) is 5.00. The maximum Gasteiger partial charge on any atom is 0.239 e. The van der Waals surface area contributed by atoms with Crippen LogP contribution in [-0.2, 0) is 5.41 Å². The minimum atomic E-state index is -0.373. The molecule has 0 spiro atoms. The highest BCUT2D eigenvalue weighted by molar-refractivity contribution is 6.11. The van der Waals surface area contributed by atoms with Gasteiger partial charge >= 0.3 is 0 Å². The van der Waals surface area contributed by atoms with E-state index < -0.39 is 0 Å². The summed E-state index contributed by atoms with van der Waals surface area (Å²) in [7, 11) is 0. The van der Waals surface area contributed by atoms with Crippen LogP contribution in [0.2, 0.25) is 0 Å². The van der Waals surface area contributed by atoms with Gasteiger partial charge in [-0.2, -0.15) is 0 Å². The average Bonchev–Trinajstić information content (AvgIpc) is 2.45. The quantitative estimate of drug-likeness (QED) is 0.634. The lowest BCUT2D eigenvalue weighted by atomic mass is 9.85. The van der Waals surface area contributed by atoms with Gasteiger partial charge in [0.2, 0.25) is 5.78 Å². The third-order valence-corrected chi connectivity index (χ3v) is 3.20. The van der Waals surface area contributed by atoms with Crippen LogP contribution in [0.4, 0.5) is 0 Å². The van der Waals surface area contributed by atoms with E-state index in [9.17, 15) is 9.90 Å². The van der Waals surface area contributed by atoms with Gasteiger partial charge in [0.25, 0.3) is 0 Å². The molecule has 2 heteroatoms. The maximum absolute atomic E-state index is 12.2. The Morgan fingerprint density at radius 3 is 2.33 bits per heavy atom. The number of hydrogen-bond donors (Lipinski definition) is 1. The summed E-state index contributed by atoms with van der Waals surface area (Å²) < 4.78 is 0. The lowest BCUT2D eigenvalue weighted by molar-refractivity contribution is 0.105. The molecule has 0 unspecified atom stereocenters. The van der Waals surface area contributed by atoms with Gasteiger partial charge in [-0.25, -0.2) is 0 Å². The first-order valence-corrected chi connectivity index (χ1v) is 6.83. The van der Waals surface area contributed by atoms with Gasteiger partial charge < -0.3 is 5.11 Å². The molecule has 0 radical (unpaired) electrons. The standard InChI is InChI=1S/C19H18O2/c1-19(2,3)15-10-12-18(21)16(13-15)17(20)11-9-14-7-5-4-6-8-14/h4-8,10,12-13,21H,1-3H3. The number of rotatable bonds is 1. The van der Waals surface area contributed by atoms with Crippen LogP contribution in [0.1, 0.15) is 42.3 Å². The molecule has 0 aliphatic rings. The number of ketones is 1. The van der Waals surface area contributed by atoms with E-state index >= 15 is 0 Å². The smallest absolute Gasteiger partial charge is 0.239 e. The third-order valence-electron chi connectivity index (χ3n) is 3.20. The third kappa shape index (κ3) is 3.73. The van der Waals surface area contributed by atoms with Crippen molar-refractivity contribution < 1.29 is 9.90 Å². The molecule has 106 valence electrons. The molecular weight excluding hydrogens is 260 g/mol. The van der Waals surface area contributed by atoms with E-state index in [0.29, 0.717) is 0 Å². The number of aromatic hydroxyl groups is 1. The second-order valence-corrected chi connectivity index (χ2v) is 5.93. The second kappa shape index (κ2) is 5.85. The van der Waals surface area contributed by atoms with Crippen LogP contribution in [-0.4, -0.2) is 10.9 Å². The van der Waals surface area contributed by atoms with E-state index in [1.54, 1.807) is 12.1 Å². The summed E-state index contributed by atoms with van der Waals surface area (Å²) in [5.41, 5.74) is 1.93. The van der Waals surface area contributed by atoms with Gasteiger partial charge in [-0.15, -0.1) is 0 Å². The Labute approximate surface area is 125 Å². The van der Waals surface area contributed by atoms with Gasteiger partial charge in [-0.05, 0) is 41.2 Å². The SMILES string of the molecule is CC(C)(C)c1ccc(O)c(C(=O)C#Cc2ccccc2)c1. The Bertz CT molecular complexity index is 711. The number of hydrogen-bond acceptors (Lipinski definition) is 2. The first-order valence-electron chi connectivity index (χ1n) is 6.83. The van der Waals surface area contributed by atoms with E-state index in [0.717, 1.165) is 11.1 Å². The summed E-state index contributed by atoms with van der Waals surface area (Å²) >= 11 is 0. The maximum atomic E-state index is 12.2. The number of Topliss-reactive ketones (excluding diaryl/α,β-unsaturated/α-hetero) is 1. The van der Waals surface area contributed by atoms with E-state index in [-0.39, 0.29) is 22.5 Å². The molecule has 1 N–H and O–H groups in total. The summed E-state index contributed by atoms with van der Waals surface area (Å²) in [6.45, 7) is 6.18. The minimum Gasteiger partial charge on any atom is -0.507 e. The molecule has 2 aromatic rings. The second-order valence-electron chi connectivity index (χ2n) is 5.93. The molecular formula is C19H18O2. The molecule has 0 bridgehead atoms. The van der Waals surface area contributed by atoms with E-state index in [4.69, 9.17) is 0 Å². The summed E-state index contributed by atoms with van der Waals surface area (Å²) in [4.78, 5) is 12.2. The predicted octanol–water partition coefficient (Wildman–Crippen LogP) is 3.92. The average molecular weight is 278 g/mol. The Morgan fingerprint density at radius 2 is 1.71 bits per heavy atom. The van der Waals surface area contributed by atoms with Crippen molar-refractivity contribution >= 4 is 5.78 Å². The molecule has 0 heterocycles. The van der Waals surface area contributed by atoms with E-state index in [1.807, 2.05) is 36.4 Å². The normalized spacial score (nSPS) is 10.6. The van der Waals surface area contributed by atoms with Crippen molar-refractivity contribution in [2.45, 2.75) is 26.2 Å². The van der Waals surface area contributed by atoms with Crippen molar-refractivity contribution in [3.63, 3.8) is 0 Å². The lowest BCUT2D eigenvalue weighted by Crippen LogP contribution is -2.12. The number of phenolic OH excluding ortho intramolecular Hbond substituents is 1. The zero-order chi connectivity index (χ0) is 15.5. The Hall–Kier alpha value is -2.53. The molecule has 0 atom stereocenters. The highest BCUT2D eigenvalue weighted by Crippen LogP contribution is 2.27. The van der Waals surface area contributed by atoms with Crippen molar-refractivity contribution in [1.29, 1.82) is 0 Å². The van der Waals surface area contributed by atoms with Crippen LogP contribution in [0.5, 0.6) is 5.75 Å². The van der Waals surface area contributed by atoms with Gasteiger partial charge in [0, 0.05) is 5.56 Å². The van der Waals surface area contributed by atoms with E-state index in [2.05, 4.69) is 32.6 Å². The van der Waals surface area contributed by atoms with Crippen LogP contribution in [0.25, 0.3) is 0 Å². The van der Waals surface area contributed by atoms with Gasteiger partial charge in [0.1, 0.15) is 5.75 Å². The summed E-state index contributed by atoms with van der Waals surface area (Å²) in [5, 5.41) is 9.88. The van der Waals surface area contributed by atoms with Crippen molar-refractivity contribution in [3.05, 3.63) is 65.2 Å². The van der Waals surface area contributed by atoms with Crippen molar-refractivity contribution in [2.24, 2.45) is 0 Å². The van der Waals surface area contributed by atoms with Crippen molar-refractivity contribution in [3.8, 4) is 17.6 Å². The molecule has 0 fully saturated rings. The largest absolute Gasteiger partial charge is 0.507 e. The van der Waals surface area contributed by atoms with Gasteiger partial charge in [0.05, 0.1) is 5.56 Å². The van der Waals surface area contributed by atoms with E-state index in [1.165, 1.54) is 0 Å². The van der Waals surface area contributed by atoms with Crippen LogP contribution in [0, 0.1) is 11.8 Å². The fourth-order valence-corrected chi connectivity index (χ4v) is 1.90. The van der Waals surface area contributed by atoms with Gasteiger partial charge in [-0.3, -0.25) is 4.79 Å². The van der Waals surface area contributed by atoms with Crippen LogP contribution < -0.4 is 0 Å². The molecule has 2 rings (SSSR count). The zero-order valence-corrected chi connectivity index (χ0v) is 12.5. The fourth-order valence-electron chi connectivity index (χ4n) is 1.90. The highest BCUT2D eigenvalue weighted by atomic mass is 16.3. The van der Waals surface area contributed by atoms with Crippen molar-refractivity contribution in [1.82, 2.24) is 0 Å². The number of carbonyl (C=O) groups excluding carboxylic acids is 1. The van der Waals surface area contributed by atoms with Crippen LogP contribution >= 0.6 is 0 Å². The molecule has 21 heavy (non-hydrogen) atoms. The number of carbonyl (C=O) groups is 1. The number of phenols is 1. The molecule has 0 saturated heterocycles. The first-order chi connectivity index (χ1) is 9.88. The topological polar surface area (TPSA) is 37.3 Å². The molecule has 0 saturated carbocycles. The molecule has 0 aliphatic heterocycles. The van der Waals surface area contributed by atoms with Crippen LogP contribution in [0.15, 0.2) is 48.5 Å². The Kier molecular flexibility index (Phi) is 4.14. The number of benzene rings is 2. The van der Waals surface area contributed by atoms with Gasteiger partial charge in [-0.1, -0.05) is 51.0 Å². The molecule has 2 aromatic carbocycles. The Balaban J connectivity index is 2.34. The Morgan fingerprint density at radius 1 is 1.05 bits per heavy atom. The summed E-state index contributed by atoms with van der Waals surface area (Å²) in [6, 6.07) is 14.4. The summed E-state index contributed by atoms with van der Waals surface area (Å²) in [6.07, 6.45) is 0. The predicted molar refractivity (Wildman–Crippen MR) is 84.5 cm³/mol. The lowest BCUT2D eigenvalue weighted by Gasteiger charge is -2.19. The van der Waals surface area contributed by atoms with Crippen molar-refractivity contribution in [2.75, 3.05) is 0 Å². The highest BCUT2D eigenvalue weighted by Gasteiger charge is 2.17. The monoisotopic (exact) mass is 278 g/mol. The zero-order valence-electron chi connectivity index (χ0n) is 12.5. The molecule has 0 amide bonds. The van der Waals surface area contributed by atoms with Gasteiger partial charge in [0.15, 0.2) is 0 Å². The molecule has 0 aromatic heterocycles. The molecule has 2 nitrogen and oxygen atoms in total. The van der Waals surface area contributed by atoms with Crippen LogP contribution in [0.3, 0.4) is 0 Å². The minimum absolute atomic E-state index is 0.0321. The fraction of sp³-hybridized carbons (Fsp3) is 0.211.